The Hall–Kier alpha value is -1.00. The van der Waals surface area contributed by atoms with E-state index in [1.807, 2.05) is 0 Å². The third-order valence-electron chi connectivity index (χ3n) is 1.52. The summed E-state index contributed by atoms with van der Waals surface area (Å²) in [5.74, 6) is 0.827. The fourth-order valence-electron chi connectivity index (χ4n) is 0.828. The number of hydrogen-bond acceptors (Lipinski definition) is 4. The number of aromatic nitrogens is 2. The van der Waals surface area contributed by atoms with Crippen molar-refractivity contribution in [1.29, 1.82) is 0 Å². The molecule has 1 heterocycles. The highest BCUT2D eigenvalue weighted by Gasteiger charge is 2.08. The lowest BCUT2D eigenvalue weighted by atomic mass is 10.1. The third-order valence-corrected chi connectivity index (χ3v) is 1.52. The van der Waals surface area contributed by atoms with E-state index in [1.54, 1.807) is 18.5 Å². The molecular formula is C7H12N4. The molecule has 0 saturated heterocycles. The van der Waals surface area contributed by atoms with Crippen molar-refractivity contribution in [3.63, 3.8) is 0 Å². The number of hydrogen-bond donors (Lipinski definition) is 2. The van der Waals surface area contributed by atoms with Crippen LogP contribution in [0.1, 0.15) is 11.7 Å². The molecule has 0 saturated carbocycles. The minimum Gasteiger partial charge on any atom is -0.330 e. The van der Waals surface area contributed by atoms with Crippen molar-refractivity contribution >= 4 is 0 Å². The van der Waals surface area contributed by atoms with Crippen molar-refractivity contribution in [1.82, 2.24) is 9.97 Å². The van der Waals surface area contributed by atoms with Gasteiger partial charge in [-0.3, -0.25) is 0 Å². The molecule has 0 bridgehead atoms. The Kier molecular flexibility index (Phi) is 2.95. The van der Waals surface area contributed by atoms with E-state index in [-0.39, 0.29) is 5.92 Å². The summed E-state index contributed by atoms with van der Waals surface area (Å²) in [7, 11) is 0. The van der Waals surface area contributed by atoms with Crippen LogP contribution in [0.15, 0.2) is 18.5 Å². The van der Waals surface area contributed by atoms with Gasteiger partial charge in [-0.15, -0.1) is 0 Å². The monoisotopic (exact) mass is 152 g/mol. The van der Waals surface area contributed by atoms with Gasteiger partial charge in [0.05, 0.1) is 0 Å². The van der Waals surface area contributed by atoms with E-state index in [1.165, 1.54) is 0 Å². The second-order valence-corrected chi connectivity index (χ2v) is 2.28. The van der Waals surface area contributed by atoms with Crippen molar-refractivity contribution < 1.29 is 0 Å². The zero-order chi connectivity index (χ0) is 8.10. The predicted octanol–water partition coefficient (Wildman–Crippen LogP) is -0.522. The minimum absolute atomic E-state index is 0.0937. The van der Waals surface area contributed by atoms with Crippen LogP contribution in [0.3, 0.4) is 0 Å². The average Bonchev–Trinajstić information content (AvgIpc) is 2.09. The van der Waals surface area contributed by atoms with Gasteiger partial charge < -0.3 is 11.5 Å². The standard InChI is InChI=1S/C7H12N4/c8-4-6(5-9)7-10-2-1-3-11-7/h1-3,6H,4-5,8-9H2. The summed E-state index contributed by atoms with van der Waals surface area (Å²) >= 11 is 0. The summed E-state index contributed by atoms with van der Waals surface area (Å²) < 4.78 is 0. The summed E-state index contributed by atoms with van der Waals surface area (Å²) in [5.41, 5.74) is 10.9. The van der Waals surface area contributed by atoms with Crippen molar-refractivity contribution in [2.45, 2.75) is 5.92 Å². The highest BCUT2D eigenvalue weighted by molar-refractivity contribution is 4.97. The Morgan fingerprint density at radius 2 is 1.73 bits per heavy atom. The SMILES string of the molecule is NCC(CN)c1ncccn1. The molecule has 0 radical (unpaired) electrons. The van der Waals surface area contributed by atoms with Gasteiger partial charge >= 0.3 is 0 Å². The lowest BCUT2D eigenvalue weighted by Gasteiger charge is -2.08. The zero-order valence-electron chi connectivity index (χ0n) is 6.27. The first kappa shape index (κ1) is 8.10. The van der Waals surface area contributed by atoms with E-state index in [0.717, 1.165) is 5.82 Å². The van der Waals surface area contributed by atoms with Crippen molar-refractivity contribution in [2.24, 2.45) is 11.5 Å². The van der Waals surface area contributed by atoms with Gasteiger partial charge in [0.2, 0.25) is 0 Å². The first-order valence-electron chi connectivity index (χ1n) is 3.55. The average molecular weight is 152 g/mol. The molecule has 0 aromatic carbocycles. The van der Waals surface area contributed by atoms with Crippen molar-refractivity contribution in [3.8, 4) is 0 Å². The van der Waals surface area contributed by atoms with Crippen LogP contribution in [0.2, 0.25) is 0 Å². The smallest absolute Gasteiger partial charge is 0.133 e. The van der Waals surface area contributed by atoms with Crippen LogP contribution in [0.5, 0.6) is 0 Å². The zero-order valence-corrected chi connectivity index (χ0v) is 6.27. The lowest BCUT2D eigenvalue weighted by molar-refractivity contribution is 0.660. The van der Waals surface area contributed by atoms with Gasteiger partial charge in [-0.25, -0.2) is 9.97 Å². The third kappa shape index (κ3) is 1.96. The molecule has 11 heavy (non-hydrogen) atoms. The molecule has 4 nitrogen and oxygen atoms in total. The molecule has 4 N–H and O–H groups in total. The Balaban J connectivity index is 2.74. The Labute approximate surface area is 65.6 Å². The molecule has 0 fully saturated rings. The maximum absolute atomic E-state index is 5.46. The topological polar surface area (TPSA) is 77.8 Å². The molecule has 1 rings (SSSR count). The molecule has 0 spiro atoms. The lowest BCUT2D eigenvalue weighted by Crippen LogP contribution is -2.22. The summed E-state index contributed by atoms with van der Waals surface area (Å²) in [6, 6.07) is 1.77. The Morgan fingerprint density at radius 1 is 1.18 bits per heavy atom. The summed E-state index contributed by atoms with van der Waals surface area (Å²) in [5, 5.41) is 0. The maximum Gasteiger partial charge on any atom is 0.133 e. The summed E-state index contributed by atoms with van der Waals surface area (Å²) in [4.78, 5) is 8.10. The van der Waals surface area contributed by atoms with E-state index in [2.05, 4.69) is 9.97 Å². The van der Waals surface area contributed by atoms with Crippen LogP contribution in [0.25, 0.3) is 0 Å². The van der Waals surface area contributed by atoms with Crippen LogP contribution in [0, 0.1) is 0 Å². The highest BCUT2D eigenvalue weighted by Crippen LogP contribution is 2.04. The highest BCUT2D eigenvalue weighted by atomic mass is 14.9. The van der Waals surface area contributed by atoms with Crippen molar-refractivity contribution in [2.75, 3.05) is 13.1 Å². The minimum atomic E-state index is 0.0937. The molecule has 0 atom stereocenters. The fourth-order valence-corrected chi connectivity index (χ4v) is 0.828. The van der Waals surface area contributed by atoms with Crippen molar-refractivity contribution in [3.05, 3.63) is 24.3 Å². The quantitative estimate of drug-likeness (QED) is 0.610. The second kappa shape index (κ2) is 4.00. The van der Waals surface area contributed by atoms with Gasteiger partial charge in [0.15, 0.2) is 0 Å². The van der Waals surface area contributed by atoms with Crippen LogP contribution in [0.4, 0.5) is 0 Å². The van der Waals surface area contributed by atoms with Crippen LogP contribution < -0.4 is 11.5 Å². The normalized spacial score (nSPS) is 10.5. The first-order chi connectivity index (χ1) is 5.38. The molecule has 0 aliphatic heterocycles. The summed E-state index contributed by atoms with van der Waals surface area (Å²) in [6.45, 7) is 1.00. The predicted molar refractivity (Wildman–Crippen MR) is 42.9 cm³/mol. The van der Waals surface area contributed by atoms with E-state index in [4.69, 9.17) is 11.5 Å². The maximum atomic E-state index is 5.46. The largest absolute Gasteiger partial charge is 0.330 e. The molecule has 0 aliphatic carbocycles. The van der Waals surface area contributed by atoms with Gasteiger partial charge in [0, 0.05) is 31.4 Å². The van der Waals surface area contributed by atoms with E-state index in [9.17, 15) is 0 Å². The Bertz CT molecular complexity index is 195. The van der Waals surface area contributed by atoms with Gasteiger partial charge in [-0.1, -0.05) is 0 Å². The van der Waals surface area contributed by atoms with Gasteiger partial charge in [0.1, 0.15) is 5.82 Å². The van der Waals surface area contributed by atoms with Crippen LogP contribution >= 0.6 is 0 Å². The molecule has 0 aliphatic rings. The van der Waals surface area contributed by atoms with Gasteiger partial charge in [-0.2, -0.15) is 0 Å². The fraction of sp³-hybridized carbons (Fsp3) is 0.429. The summed E-state index contributed by atoms with van der Waals surface area (Å²) in [6.07, 6.45) is 3.39. The van der Waals surface area contributed by atoms with Gasteiger partial charge in [-0.05, 0) is 6.07 Å². The molecular weight excluding hydrogens is 140 g/mol. The Morgan fingerprint density at radius 3 is 2.18 bits per heavy atom. The van der Waals surface area contributed by atoms with Crippen LogP contribution in [-0.2, 0) is 0 Å². The van der Waals surface area contributed by atoms with Crippen LogP contribution in [-0.4, -0.2) is 23.1 Å². The molecule has 0 unspecified atom stereocenters. The molecule has 4 heteroatoms. The van der Waals surface area contributed by atoms with E-state index < -0.39 is 0 Å². The molecule has 0 amide bonds. The van der Waals surface area contributed by atoms with E-state index in [0.29, 0.717) is 13.1 Å². The molecule has 60 valence electrons. The van der Waals surface area contributed by atoms with Gasteiger partial charge in [0.25, 0.3) is 0 Å². The molecule has 1 aromatic rings. The first-order valence-corrected chi connectivity index (χ1v) is 3.55. The number of nitrogens with two attached hydrogens (primary N) is 2. The number of nitrogens with zero attached hydrogens (tertiary/aromatic N) is 2. The second-order valence-electron chi connectivity index (χ2n) is 2.28. The van der Waals surface area contributed by atoms with E-state index >= 15 is 0 Å². The molecule has 1 aromatic heterocycles. The number of rotatable bonds is 3.